The van der Waals surface area contributed by atoms with E-state index in [-0.39, 0.29) is 11.7 Å². The summed E-state index contributed by atoms with van der Waals surface area (Å²) in [7, 11) is 0. The number of aromatic hydroxyl groups is 1. The van der Waals surface area contributed by atoms with Crippen LogP contribution in [0.1, 0.15) is 46.8 Å². The average Bonchev–Trinajstić information content (AvgIpc) is 2.62. The normalized spacial score (nSPS) is 10.8. The number of halogens is 2. The lowest BCUT2D eigenvalue weighted by atomic mass is 9.99. The van der Waals surface area contributed by atoms with E-state index in [1.807, 2.05) is 13.8 Å². The second kappa shape index (κ2) is 8.96. The van der Waals surface area contributed by atoms with Gasteiger partial charge in [0.05, 0.1) is 8.95 Å². The standard InChI is InChI=1S/C20H21Br2NO5/c1-9(2)13-6-12(5-10(3)18(13)26)28-19-15(21)7-14(11(4)17(19)22)20(27)23-8-16(24)25/h5-7,9,26H,8H2,1-4H3,(H,23,27)(H,24,25). The van der Waals surface area contributed by atoms with Gasteiger partial charge in [0.15, 0.2) is 5.75 Å². The number of phenolic OH excluding ortho intramolecular Hbond substituents is 1. The SMILES string of the molecule is Cc1cc(Oc2c(Br)cc(C(=O)NCC(=O)O)c(C)c2Br)cc(C(C)C)c1O. The van der Waals surface area contributed by atoms with Crippen LogP contribution in [0.15, 0.2) is 27.1 Å². The van der Waals surface area contributed by atoms with Gasteiger partial charge in [-0.1, -0.05) is 13.8 Å². The number of carbonyl (C=O) groups excluding carboxylic acids is 1. The Bertz CT molecular complexity index is 941. The summed E-state index contributed by atoms with van der Waals surface area (Å²) in [4.78, 5) is 22.9. The van der Waals surface area contributed by atoms with Gasteiger partial charge in [-0.2, -0.15) is 0 Å². The van der Waals surface area contributed by atoms with Crippen LogP contribution in [0.4, 0.5) is 0 Å². The molecule has 0 spiro atoms. The molecule has 6 nitrogen and oxygen atoms in total. The highest BCUT2D eigenvalue weighted by molar-refractivity contribution is 9.11. The number of nitrogens with one attached hydrogen (secondary N) is 1. The summed E-state index contributed by atoms with van der Waals surface area (Å²) < 4.78 is 7.15. The molecule has 0 aliphatic heterocycles. The van der Waals surface area contributed by atoms with Crippen LogP contribution in [-0.2, 0) is 4.79 Å². The quantitative estimate of drug-likeness (QED) is 0.488. The van der Waals surface area contributed by atoms with E-state index in [1.165, 1.54) is 0 Å². The molecular weight excluding hydrogens is 494 g/mol. The van der Waals surface area contributed by atoms with Crippen molar-refractivity contribution in [3.63, 3.8) is 0 Å². The van der Waals surface area contributed by atoms with Crippen LogP contribution in [0.2, 0.25) is 0 Å². The van der Waals surface area contributed by atoms with Gasteiger partial charge in [-0.3, -0.25) is 9.59 Å². The van der Waals surface area contributed by atoms with Crippen molar-refractivity contribution in [3.8, 4) is 17.2 Å². The third kappa shape index (κ3) is 4.86. The van der Waals surface area contributed by atoms with Gasteiger partial charge >= 0.3 is 5.97 Å². The van der Waals surface area contributed by atoms with Gasteiger partial charge in [0.2, 0.25) is 0 Å². The van der Waals surface area contributed by atoms with Crippen molar-refractivity contribution < 1.29 is 24.5 Å². The highest BCUT2D eigenvalue weighted by Gasteiger charge is 2.20. The average molecular weight is 515 g/mol. The topological polar surface area (TPSA) is 95.9 Å². The van der Waals surface area contributed by atoms with E-state index in [0.717, 1.165) is 5.56 Å². The second-order valence-electron chi connectivity index (χ2n) is 6.69. The first-order valence-corrected chi connectivity index (χ1v) is 10.1. The lowest BCUT2D eigenvalue weighted by molar-refractivity contribution is -0.135. The predicted molar refractivity (Wildman–Crippen MR) is 114 cm³/mol. The maximum Gasteiger partial charge on any atom is 0.322 e. The summed E-state index contributed by atoms with van der Waals surface area (Å²) in [6.45, 7) is 7.05. The van der Waals surface area contributed by atoms with E-state index >= 15 is 0 Å². The van der Waals surface area contributed by atoms with Crippen molar-refractivity contribution in [2.75, 3.05) is 6.54 Å². The Labute approximate surface area is 180 Å². The fraction of sp³-hybridized carbons (Fsp3) is 0.300. The third-order valence-corrected chi connectivity index (χ3v) is 5.75. The number of carbonyl (C=O) groups is 2. The van der Waals surface area contributed by atoms with E-state index in [4.69, 9.17) is 9.84 Å². The first kappa shape index (κ1) is 22.2. The number of ether oxygens (including phenoxy) is 1. The van der Waals surface area contributed by atoms with Crippen molar-refractivity contribution in [2.24, 2.45) is 0 Å². The minimum atomic E-state index is -1.12. The molecule has 0 bridgehead atoms. The molecule has 2 rings (SSSR count). The molecule has 1 amide bonds. The van der Waals surface area contributed by atoms with Crippen LogP contribution in [0, 0.1) is 13.8 Å². The Kier molecular flexibility index (Phi) is 7.11. The number of aryl methyl sites for hydroxylation is 1. The summed E-state index contributed by atoms with van der Waals surface area (Å²) in [5.74, 6) is -0.198. The summed E-state index contributed by atoms with van der Waals surface area (Å²) in [5.41, 5.74) is 2.43. The van der Waals surface area contributed by atoms with E-state index < -0.39 is 18.4 Å². The van der Waals surface area contributed by atoms with Crippen molar-refractivity contribution in [1.82, 2.24) is 5.32 Å². The fourth-order valence-electron chi connectivity index (χ4n) is 2.66. The minimum absolute atomic E-state index is 0.121. The van der Waals surface area contributed by atoms with Gasteiger partial charge in [0.1, 0.15) is 18.0 Å². The highest BCUT2D eigenvalue weighted by Crippen LogP contribution is 2.42. The molecule has 0 heterocycles. The molecule has 8 heteroatoms. The Morgan fingerprint density at radius 2 is 1.82 bits per heavy atom. The van der Waals surface area contributed by atoms with Crippen LogP contribution in [-0.4, -0.2) is 28.6 Å². The van der Waals surface area contributed by atoms with Crippen molar-refractivity contribution in [1.29, 1.82) is 0 Å². The molecule has 0 fully saturated rings. The van der Waals surface area contributed by atoms with Gasteiger partial charge < -0.3 is 20.3 Å². The molecule has 0 saturated carbocycles. The van der Waals surface area contributed by atoms with Crippen molar-refractivity contribution in [3.05, 3.63) is 49.4 Å². The molecule has 3 N–H and O–H groups in total. The van der Waals surface area contributed by atoms with Crippen LogP contribution in [0.25, 0.3) is 0 Å². The lowest BCUT2D eigenvalue weighted by Crippen LogP contribution is -2.29. The molecule has 2 aromatic carbocycles. The number of carboxylic acid groups (broad SMARTS) is 1. The van der Waals surface area contributed by atoms with E-state index in [1.54, 1.807) is 32.0 Å². The van der Waals surface area contributed by atoms with E-state index in [0.29, 0.717) is 37.1 Å². The molecule has 28 heavy (non-hydrogen) atoms. The first-order valence-electron chi connectivity index (χ1n) is 8.52. The van der Waals surface area contributed by atoms with Gasteiger partial charge in [-0.15, -0.1) is 0 Å². The Balaban J connectivity index is 2.42. The zero-order chi connectivity index (χ0) is 21.2. The third-order valence-electron chi connectivity index (χ3n) is 4.21. The van der Waals surface area contributed by atoms with Gasteiger partial charge in [0, 0.05) is 11.1 Å². The largest absolute Gasteiger partial charge is 0.507 e. The zero-order valence-corrected chi connectivity index (χ0v) is 19.1. The number of rotatable bonds is 6. The minimum Gasteiger partial charge on any atom is -0.507 e. The van der Waals surface area contributed by atoms with Crippen molar-refractivity contribution >= 4 is 43.7 Å². The molecule has 0 aliphatic rings. The van der Waals surface area contributed by atoms with Gasteiger partial charge in [-0.25, -0.2) is 0 Å². The van der Waals surface area contributed by atoms with Crippen LogP contribution < -0.4 is 10.1 Å². The molecule has 2 aromatic rings. The maximum atomic E-state index is 12.3. The number of hydrogen-bond acceptors (Lipinski definition) is 4. The van der Waals surface area contributed by atoms with Gasteiger partial charge in [-0.05, 0) is 81.0 Å². The maximum absolute atomic E-state index is 12.3. The number of phenols is 1. The number of hydrogen-bond donors (Lipinski definition) is 3. The number of aliphatic carboxylic acids is 1. The predicted octanol–water partition coefficient (Wildman–Crippen LogP) is 5.26. The summed E-state index contributed by atoms with van der Waals surface area (Å²) in [5, 5.41) is 21.3. The Morgan fingerprint density at radius 3 is 2.39 bits per heavy atom. The van der Waals surface area contributed by atoms with Crippen LogP contribution >= 0.6 is 31.9 Å². The number of benzene rings is 2. The molecule has 0 radical (unpaired) electrons. The summed E-state index contributed by atoms with van der Waals surface area (Å²) in [6.07, 6.45) is 0. The highest BCUT2D eigenvalue weighted by atomic mass is 79.9. The molecule has 150 valence electrons. The molecule has 0 unspecified atom stereocenters. The summed E-state index contributed by atoms with van der Waals surface area (Å²) >= 11 is 6.89. The smallest absolute Gasteiger partial charge is 0.322 e. The molecule has 0 saturated heterocycles. The second-order valence-corrected chi connectivity index (χ2v) is 8.33. The molecule has 0 aromatic heterocycles. The lowest BCUT2D eigenvalue weighted by Gasteiger charge is -2.17. The number of amides is 1. The molecule has 0 aliphatic carbocycles. The monoisotopic (exact) mass is 513 g/mol. The van der Waals surface area contributed by atoms with Crippen LogP contribution in [0.5, 0.6) is 17.2 Å². The van der Waals surface area contributed by atoms with E-state index in [9.17, 15) is 14.7 Å². The molecule has 0 atom stereocenters. The van der Waals surface area contributed by atoms with Crippen LogP contribution in [0.3, 0.4) is 0 Å². The fourth-order valence-corrected chi connectivity index (χ4v) is 3.95. The first-order chi connectivity index (χ1) is 13.0. The van der Waals surface area contributed by atoms with E-state index in [2.05, 4.69) is 37.2 Å². The van der Waals surface area contributed by atoms with Gasteiger partial charge in [0.25, 0.3) is 5.91 Å². The molecular formula is C20H21Br2NO5. The number of carboxylic acids is 1. The zero-order valence-electron chi connectivity index (χ0n) is 15.9. The van der Waals surface area contributed by atoms with Crippen molar-refractivity contribution in [2.45, 2.75) is 33.6 Å². The Hall–Kier alpha value is -2.06. The Morgan fingerprint density at radius 1 is 1.18 bits per heavy atom. The summed E-state index contributed by atoms with van der Waals surface area (Å²) in [6, 6.07) is 5.11.